The molecule has 2 heterocycles. The van der Waals surface area contributed by atoms with Crippen molar-refractivity contribution in [3.63, 3.8) is 0 Å². The molecule has 2 N–H and O–H groups in total. The number of aryl methyl sites for hydroxylation is 2. The first-order valence-corrected chi connectivity index (χ1v) is 9.01. The molecular weight excluding hydrogens is 358 g/mol. The van der Waals surface area contributed by atoms with Crippen molar-refractivity contribution in [2.45, 2.75) is 40.4 Å². The molecule has 2 amide bonds. The van der Waals surface area contributed by atoms with Gasteiger partial charge in [-0.25, -0.2) is 9.67 Å². The molecule has 0 fully saturated rings. The number of carbonyl (C=O) groups excluding carboxylic acids is 2. The number of nitrogens with zero attached hydrogens (tertiary/aromatic N) is 5. The van der Waals surface area contributed by atoms with Gasteiger partial charge in [0.25, 0.3) is 0 Å². The normalized spacial score (nSPS) is 10.7. The first kappa shape index (κ1) is 19.3. The van der Waals surface area contributed by atoms with Crippen molar-refractivity contribution in [1.29, 1.82) is 0 Å². The average Bonchev–Trinajstić information content (AvgIpc) is 3.29. The van der Waals surface area contributed by atoms with Gasteiger partial charge in [0.2, 0.25) is 0 Å². The van der Waals surface area contributed by atoms with Crippen molar-refractivity contribution < 1.29 is 9.59 Å². The lowest BCUT2D eigenvalue weighted by Gasteiger charge is -2.08. The molecule has 9 heteroatoms. The molecule has 0 aliphatic heterocycles. The quantitative estimate of drug-likeness (QED) is 0.628. The van der Waals surface area contributed by atoms with E-state index in [0.29, 0.717) is 12.2 Å². The second-order valence-electron chi connectivity index (χ2n) is 6.39. The van der Waals surface area contributed by atoms with E-state index in [-0.39, 0.29) is 6.54 Å². The van der Waals surface area contributed by atoms with Crippen LogP contribution in [-0.4, -0.2) is 36.4 Å². The third kappa shape index (κ3) is 4.43. The fourth-order valence-electron chi connectivity index (χ4n) is 2.93. The van der Waals surface area contributed by atoms with Gasteiger partial charge >= 0.3 is 11.8 Å². The summed E-state index contributed by atoms with van der Waals surface area (Å²) in [6.07, 6.45) is 3.11. The summed E-state index contributed by atoms with van der Waals surface area (Å²) in [5.74, 6) is -1.39. The lowest BCUT2D eigenvalue weighted by atomic mass is 10.2. The fourth-order valence-corrected chi connectivity index (χ4v) is 2.93. The highest BCUT2D eigenvalue weighted by molar-refractivity contribution is 6.39. The van der Waals surface area contributed by atoms with Gasteiger partial charge in [-0.1, -0.05) is 12.1 Å². The average molecular weight is 381 g/mol. The Bertz CT molecular complexity index is 959. The number of benzene rings is 1. The van der Waals surface area contributed by atoms with E-state index in [2.05, 4.69) is 25.8 Å². The molecule has 0 aliphatic carbocycles. The molecule has 0 bridgehead atoms. The standard InChI is InChI=1S/C19H23N7O2/c1-4-26-14(3)17(13(2)24-26)9-21-18(27)19(28)23-16-7-5-15(6-8-16)10-25-12-20-11-22-25/h5-8,11-12H,4,9-10H2,1-3H3,(H,21,27)(H,23,28). The minimum atomic E-state index is -0.706. The molecule has 3 aromatic rings. The summed E-state index contributed by atoms with van der Waals surface area (Å²) < 4.78 is 3.57. The molecule has 0 saturated heterocycles. The Morgan fingerprint density at radius 3 is 2.46 bits per heavy atom. The fraction of sp³-hybridized carbons (Fsp3) is 0.316. The highest BCUT2D eigenvalue weighted by Crippen LogP contribution is 2.13. The Hall–Kier alpha value is -3.49. The molecule has 28 heavy (non-hydrogen) atoms. The topological polar surface area (TPSA) is 107 Å². The smallest absolute Gasteiger partial charge is 0.313 e. The van der Waals surface area contributed by atoms with Crippen LogP contribution in [0.15, 0.2) is 36.9 Å². The van der Waals surface area contributed by atoms with Crippen molar-refractivity contribution in [2.75, 3.05) is 5.32 Å². The zero-order valence-corrected chi connectivity index (χ0v) is 16.1. The van der Waals surface area contributed by atoms with E-state index >= 15 is 0 Å². The molecule has 0 unspecified atom stereocenters. The Morgan fingerprint density at radius 2 is 1.86 bits per heavy atom. The molecule has 9 nitrogen and oxygen atoms in total. The van der Waals surface area contributed by atoms with E-state index in [4.69, 9.17) is 0 Å². The number of aromatic nitrogens is 5. The van der Waals surface area contributed by atoms with Gasteiger partial charge in [0.05, 0.1) is 12.2 Å². The van der Waals surface area contributed by atoms with Crippen LogP contribution in [0.4, 0.5) is 5.69 Å². The number of hydrogen-bond acceptors (Lipinski definition) is 5. The van der Waals surface area contributed by atoms with Gasteiger partial charge < -0.3 is 10.6 Å². The van der Waals surface area contributed by atoms with E-state index in [0.717, 1.165) is 29.1 Å². The van der Waals surface area contributed by atoms with Crippen LogP contribution < -0.4 is 10.6 Å². The highest BCUT2D eigenvalue weighted by Gasteiger charge is 2.16. The number of hydrogen-bond donors (Lipinski definition) is 2. The van der Waals surface area contributed by atoms with Gasteiger partial charge in [-0.2, -0.15) is 10.2 Å². The van der Waals surface area contributed by atoms with Gasteiger partial charge in [-0.15, -0.1) is 0 Å². The van der Waals surface area contributed by atoms with Crippen LogP contribution in [0.25, 0.3) is 0 Å². The molecule has 0 aliphatic rings. The minimum absolute atomic E-state index is 0.265. The van der Waals surface area contributed by atoms with Crippen LogP contribution in [0.2, 0.25) is 0 Å². The number of carbonyl (C=O) groups is 2. The van der Waals surface area contributed by atoms with Crippen LogP contribution in [0.5, 0.6) is 0 Å². The van der Waals surface area contributed by atoms with Gasteiger partial charge in [-0.3, -0.25) is 14.3 Å². The lowest BCUT2D eigenvalue weighted by molar-refractivity contribution is -0.136. The lowest BCUT2D eigenvalue weighted by Crippen LogP contribution is -2.35. The Morgan fingerprint density at radius 1 is 1.11 bits per heavy atom. The van der Waals surface area contributed by atoms with Crippen LogP contribution >= 0.6 is 0 Å². The second-order valence-corrected chi connectivity index (χ2v) is 6.39. The summed E-state index contributed by atoms with van der Waals surface area (Å²) in [6.45, 7) is 7.45. The maximum Gasteiger partial charge on any atom is 0.313 e. The third-order valence-corrected chi connectivity index (χ3v) is 4.49. The highest BCUT2D eigenvalue weighted by atomic mass is 16.2. The molecule has 0 atom stereocenters. The van der Waals surface area contributed by atoms with Gasteiger partial charge in [0.15, 0.2) is 0 Å². The van der Waals surface area contributed by atoms with Crippen LogP contribution in [0, 0.1) is 13.8 Å². The van der Waals surface area contributed by atoms with Crippen molar-refractivity contribution in [3.8, 4) is 0 Å². The summed E-state index contributed by atoms with van der Waals surface area (Å²) in [5, 5.41) is 13.7. The maximum atomic E-state index is 12.1. The molecule has 146 valence electrons. The van der Waals surface area contributed by atoms with Gasteiger partial charge in [0.1, 0.15) is 12.7 Å². The van der Waals surface area contributed by atoms with Gasteiger partial charge in [-0.05, 0) is 38.5 Å². The molecule has 0 spiro atoms. The summed E-state index contributed by atoms with van der Waals surface area (Å²) in [4.78, 5) is 28.2. The number of amides is 2. The SMILES string of the molecule is CCn1nc(C)c(CNC(=O)C(=O)Nc2ccc(Cn3cncn3)cc2)c1C. The second kappa shape index (κ2) is 8.47. The van der Waals surface area contributed by atoms with Crippen molar-refractivity contribution >= 4 is 17.5 Å². The van der Waals surface area contributed by atoms with Crippen LogP contribution in [0.3, 0.4) is 0 Å². The predicted octanol–water partition coefficient (Wildman–Crippen LogP) is 1.41. The minimum Gasteiger partial charge on any atom is -0.344 e. The zero-order valence-electron chi connectivity index (χ0n) is 16.1. The van der Waals surface area contributed by atoms with E-state index in [9.17, 15) is 9.59 Å². The van der Waals surface area contributed by atoms with Crippen molar-refractivity contribution in [1.82, 2.24) is 29.9 Å². The van der Waals surface area contributed by atoms with E-state index in [1.807, 2.05) is 37.6 Å². The number of anilines is 1. The summed E-state index contributed by atoms with van der Waals surface area (Å²) in [6, 6.07) is 7.22. The maximum absolute atomic E-state index is 12.1. The Labute approximate surface area is 162 Å². The first-order chi connectivity index (χ1) is 13.5. The first-order valence-electron chi connectivity index (χ1n) is 9.01. The van der Waals surface area contributed by atoms with Gasteiger partial charge in [0, 0.05) is 30.0 Å². The molecule has 1 aromatic carbocycles. The van der Waals surface area contributed by atoms with E-state index in [1.165, 1.54) is 6.33 Å². The predicted molar refractivity (Wildman–Crippen MR) is 103 cm³/mol. The molecular formula is C19H23N7O2. The van der Waals surface area contributed by atoms with E-state index < -0.39 is 11.8 Å². The van der Waals surface area contributed by atoms with Crippen molar-refractivity contribution in [3.05, 3.63) is 59.4 Å². The molecule has 2 aromatic heterocycles. The number of rotatable bonds is 6. The third-order valence-electron chi connectivity index (χ3n) is 4.49. The largest absolute Gasteiger partial charge is 0.344 e. The Kier molecular flexibility index (Phi) is 5.83. The summed E-state index contributed by atoms with van der Waals surface area (Å²) in [7, 11) is 0. The molecule has 3 rings (SSSR count). The van der Waals surface area contributed by atoms with Crippen LogP contribution in [0.1, 0.15) is 29.4 Å². The van der Waals surface area contributed by atoms with Crippen molar-refractivity contribution in [2.24, 2.45) is 0 Å². The number of nitrogens with one attached hydrogen (secondary N) is 2. The summed E-state index contributed by atoms with van der Waals surface area (Å²) >= 11 is 0. The molecule has 0 radical (unpaired) electrons. The monoisotopic (exact) mass is 381 g/mol. The van der Waals surface area contributed by atoms with Crippen LogP contribution in [-0.2, 0) is 29.2 Å². The summed E-state index contributed by atoms with van der Waals surface area (Å²) in [5.41, 5.74) is 4.33. The van der Waals surface area contributed by atoms with E-state index in [1.54, 1.807) is 23.1 Å². The Balaban J connectivity index is 1.54. The molecule has 0 saturated carbocycles. The zero-order chi connectivity index (χ0) is 20.1.